The van der Waals surface area contributed by atoms with Gasteiger partial charge in [-0.2, -0.15) is 0 Å². The van der Waals surface area contributed by atoms with Gasteiger partial charge in [-0.1, -0.05) is 20.8 Å². The molecule has 0 aromatic heterocycles. The fourth-order valence-corrected chi connectivity index (χ4v) is 3.22. The van der Waals surface area contributed by atoms with Gasteiger partial charge in [0.1, 0.15) is 5.60 Å². The van der Waals surface area contributed by atoms with Crippen LogP contribution in [0.15, 0.2) is 0 Å². The molecule has 1 fully saturated rings. The van der Waals surface area contributed by atoms with Crippen LogP contribution < -0.4 is 5.73 Å². The lowest BCUT2D eigenvalue weighted by Gasteiger charge is -2.38. The van der Waals surface area contributed by atoms with E-state index in [1.807, 2.05) is 20.8 Å². The third kappa shape index (κ3) is 5.24. The smallest absolute Gasteiger partial charge is 0.410 e. The van der Waals surface area contributed by atoms with Crippen molar-refractivity contribution in [2.24, 2.45) is 5.73 Å². The molecule has 1 aliphatic rings. The van der Waals surface area contributed by atoms with Gasteiger partial charge in [-0.25, -0.2) is 4.79 Å². The van der Waals surface area contributed by atoms with Gasteiger partial charge in [-0.05, 0) is 45.3 Å². The van der Waals surface area contributed by atoms with E-state index in [1.54, 1.807) is 4.90 Å². The van der Waals surface area contributed by atoms with Crippen molar-refractivity contribution in [2.75, 3.05) is 13.2 Å². The summed E-state index contributed by atoms with van der Waals surface area (Å²) in [5.41, 5.74) is 5.56. The molecule has 0 saturated carbocycles. The van der Waals surface area contributed by atoms with Gasteiger partial charge in [-0.15, -0.1) is 0 Å². The Morgan fingerprint density at radius 3 is 2.23 bits per heavy atom. The maximum Gasteiger partial charge on any atom is 0.410 e. The largest absolute Gasteiger partial charge is 0.444 e. The number of nitrogens with zero attached hydrogens (tertiary/aromatic N) is 1. The molecule has 2 atom stereocenters. The molecule has 0 radical (unpaired) electrons. The van der Waals surface area contributed by atoms with E-state index in [4.69, 9.17) is 14.9 Å². The van der Waals surface area contributed by atoms with Gasteiger partial charge in [0, 0.05) is 12.6 Å². The second kappa shape index (κ2) is 6.49. The molecule has 1 rings (SSSR count). The van der Waals surface area contributed by atoms with Crippen molar-refractivity contribution in [1.82, 2.24) is 4.90 Å². The summed E-state index contributed by atoms with van der Waals surface area (Å²) < 4.78 is 11.8. The Balaban J connectivity index is 2.70. The Kier molecular flexibility index (Phi) is 5.74. The van der Waals surface area contributed by atoms with Crippen LogP contribution in [0.5, 0.6) is 0 Å². The van der Waals surface area contributed by atoms with E-state index in [0.29, 0.717) is 13.2 Å². The van der Waals surface area contributed by atoms with E-state index >= 15 is 0 Å². The lowest BCUT2D eigenvalue weighted by atomic mass is 10.2. The summed E-state index contributed by atoms with van der Waals surface area (Å²) in [7, 11) is -1.83. The Labute approximate surface area is 136 Å². The molecule has 0 aromatic carbocycles. The lowest BCUT2D eigenvalue weighted by Crippen LogP contribution is -2.47. The maximum absolute atomic E-state index is 12.3. The van der Waals surface area contributed by atoms with Crippen molar-refractivity contribution >= 4 is 14.4 Å². The van der Waals surface area contributed by atoms with Crippen molar-refractivity contribution < 1.29 is 14.0 Å². The van der Waals surface area contributed by atoms with E-state index in [9.17, 15) is 4.79 Å². The molecule has 0 aromatic rings. The van der Waals surface area contributed by atoms with Crippen LogP contribution in [0.25, 0.3) is 0 Å². The molecule has 6 heteroatoms. The van der Waals surface area contributed by atoms with Crippen LogP contribution in [0.1, 0.15) is 48.0 Å². The van der Waals surface area contributed by atoms with Crippen molar-refractivity contribution in [3.8, 4) is 0 Å². The molecule has 130 valence electrons. The Bertz CT molecular complexity index is 399. The number of hydrogen-bond acceptors (Lipinski definition) is 4. The minimum Gasteiger partial charge on any atom is -0.444 e. The predicted molar refractivity (Wildman–Crippen MR) is 92.5 cm³/mol. The molecule has 22 heavy (non-hydrogen) atoms. The van der Waals surface area contributed by atoms with Crippen LogP contribution in [0.3, 0.4) is 0 Å². The number of carbonyl (C=O) groups excluding carboxylic acids is 1. The molecule has 2 N–H and O–H groups in total. The molecular weight excluding hydrogens is 296 g/mol. The van der Waals surface area contributed by atoms with Crippen molar-refractivity contribution in [3.63, 3.8) is 0 Å². The van der Waals surface area contributed by atoms with Gasteiger partial charge in [0.15, 0.2) is 8.32 Å². The Hall–Kier alpha value is -0.593. The monoisotopic (exact) mass is 330 g/mol. The second-order valence-electron chi connectivity index (χ2n) is 8.85. The quantitative estimate of drug-likeness (QED) is 0.806. The van der Waals surface area contributed by atoms with Crippen LogP contribution in [-0.2, 0) is 9.16 Å². The highest BCUT2D eigenvalue weighted by atomic mass is 28.4. The fraction of sp³-hybridized carbons (Fsp3) is 0.938. The minimum atomic E-state index is -1.83. The highest BCUT2D eigenvalue weighted by Gasteiger charge is 2.41. The molecule has 0 unspecified atom stereocenters. The average Bonchev–Trinajstić information content (AvgIpc) is 2.64. The highest BCUT2D eigenvalue weighted by molar-refractivity contribution is 6.74. The summed E-state index contributed by atoms with van der Waals surface area (Å²) >= 11 is 0. The molecular formula is C16H34N2O3Si. The normalized spacial score (nSPS) is 23.8. The standard InChI is InChI=1S/C16H34N2O3Si/c1-15(2,3)21-14(19)18-10-12(17)9-13(18)11-20-22(7,8)16(4,5)6/h12-13H,9-11,17H2,1-8H3/t12-,13+/m1/s1. The highest BCUT2D eigenvalue weighted by Crippen LogP contribution is 2.37. The number of likely N-dealkylation sites (tertiary alicyclic amines) is 1. The van der Waals surface area contributed by atoms with Crippen LogP contribution in [0.4, 0.5) is 4.79 Å². The first-order valence-corrected chi connectivity index (χ1v) is 11.0. The van der Waals surface area contributed by atoms with Gasteiger partial charge in [-0.3, -0.25) is 0 Å². The van der Waals surface area contributed by atoms with E-state index in [-0.39, 0.29) is 23.2 Å². The molecule has 1 heterocycles. The zero-order valence-corrected chi connectivity index (χ0v) is 16.5. The van der Waals surface area contributed by atoms with Crippen molar-refractivity contribution in [2.45, 2.75) is 83.8 Å². The molecule has 0 spiro atoms. The third-order valence-corrected chi connectivity index (χ3v) is 9.02. The van der Waals surface area contributed by atoms with E-state index in [2.05, 4.69) is 33.9 Å². The minimum absolute atomic E-state index is 0.000494. The Morgan fingerprint density at radius 2 is 1.77 bits per heavy atom. The van der Waals surface area contributed by atoms with E-state index < -0.39 is 13.9 Å². The SMILES string of the molecule is CC(C)(C)OC(=O)N1C[C@H](N)C[C@H]1CO[Si](C)(C)C(C)(C)C. The average molecular weight is 331 g/mol. The van der Waals surface area contributed by atoms with Crippen molar-refractivity contribution in [3.05, 3.63) is 0 Å². The van der Waals surface area contributed by atoms with Crippen LogP contribution in [0, 0.1) is 0 Å². The summed E-state index contributed by atoms with van der Waals surface area (Å²) in [4.78, 5) is 14.1. The van der Waals surface area contributed by atoms with E-state index in [1.165, 1.54) is 0 Å². The number of carbonyl (C=O) groups is 1. The molecule has 0 aliphatic carbocycles. The summed E-state index contributed by atoms with van der Waals surface area (Å²) in [6.07, 6.45) is 0.484. The lowest BCUT2D eigenvalue weighted by molar-refractivity contribution is 0.0180. The number of hydrogen-bond donors (Lipinski definition) is 1. The number of rotatable bonds is 3. The van der Waals surface area contributed by atoms with Crippen LogP contribution in [-0.4, -0.2) is 50.1 Å². The van der Waals surface area contributed by atoms with Crippen LogP contribution >= 0.6 is 0 Å². The van der Waals surface area contributed by atoms with E-state index in [0.717, 1.165) is 6.42 Å². The van der Waals surface area contributed by atoms with Crippen molar-refractivity contribution in [1.29, 1.82) is 0 Å². The number of nitrogens with two attached hydrogens (primary N) is 1. The summed E-state index contributed by atoms with van der Waals surface area (Å²) in [5.74, 6) is 0. The Morgan fingerprint density at radius 1 is 1.23 bits per heavy atom. The molecule has 1 saturated heterocycles. The molecule has 0 bridgehead atoms. The molecule has 1 amide bonds. The number of ether oxygens (including phenoxy) is 1. The fourth-order valence-electron chi connectivity index (χ4n) is 2.18. The van der Waals surface area contributed by atoms with Gasteiger partial charge in [0.05, 0.1) is 12.6 Å². The topological polar surface area (TPSA) is 64.8 Å². The zero-order valence-electron chi connectivity index (χ0n) is 15.5. The summed E-state index contributed by atoms with van der Waals surface area (Å²) in [6.45, 7) is 17.8. The third-order valence-electron chi connectivity index (χ3n) is 4.52. The molecule has 5 nitrogen and oxygen atoms in total. The zero-order chi connectivity index (χ0) is 17.3. The van der Waals surface area contributed by atoms with Crippen LogP contribution in [0.2, 0.25) is 18.1 Å². The first-order chi connectivity index (χ1) is 9.73. The van der Waals surface area contributed by atoms with Gasteiger partial charge in [0.2, 0.25) is 0 Å². The van der Waals surface area contributed by atoms with Gasteiger partial charge < -0.3 is 19.8 Å². The van der Waals surface area contributed by atoms with Gasteiger partial charge in [0.25, 0.3) is 0 Å². The maximum atomic E-state index is 12.3. The molecule has 1 aliphatic heterocycles. The summed E-state index contributed by atoms with van der Waals surface area (Å²) in [5, 5.41) is 0.157. The first-order valence-electron chi connectivity index (χ1n) is 8.12. The second-order valence-corrected chi connectivity index (χ2v) is 13.7. The van der Waals surface area contributed by atoms with Gasteiger partial charge >= 0.3 is 6.09 Å². The summed E-state index contributed by atoms with van der Waals surface area (Å²) in [6, 6.07) is 0.0134. The predicted octanol–water partition coefficient (Wildman–Crippen LogP) is 3.34. The first kappa shape index (κ1) is 19.5. The number of amides is 1.